The topological polar surface area (TPSA) is 75.9 Å². The van der Waals surface area contributed by atoms with Crippen molar-refractivity contribution in [3.63, 3.8) is 0 Å². The first-order chi connectivity index (χ1) is 12.8. The number of nitrogens with zero attached hydrogens (tertiary/aromatic N) is 5. The lowest BCUT2D eigenvalue weighted by Crippen LogP contribution is -2.34. The molecule has 28 heavy (non-hydrogen) atoms. The average molecular weight is 421 g/mol. The number of halogens is 2. The summed E-state index contributed by atoms with van der Waals surface area (Å²) < 4.78 is 1.98. The number of rotatable bonds is 3. The molecule has 1 N–H and O–H groups in total. The van der Waals surface area contributed by atoms with Gasteiger partial charge in [0.1, 0.15) is 5.52 Å². The fraction of sp³-hybridized carbons (Fsp3) is 0.368. The van der Waals surface area contributed by atoms with Crippen LogP contribution in [0.25, 0.3) is 11.2 Å². The maximum Gasteiger partial charge on any atom is 0.255 e. The molecule has 3 aromatic heterocycles. The van der Waals surface area contributed by atoms with Gasteiger partial charge in [0.05, 0.1) is 18.4 Å². The molecule has 0 unspecified atom stereocenters. The zero-order valence-corrected chi connectivity index (χ0v) is 16.8. The molecule has 5 heterocycles. The van der Waals surface area contributed by atoms with Crippen LogP contribution in [0.1, 0.15) is 22.3 Å². The first-order valence-electron chi connectivity index (χ1n) is 9.00. The van der Waals surface area contributed by atoms with E-state index < -0.39 is 0 Å². The molecule has 2 fully saturated rings. The minimum absolute atomic E-state index is 0. The molecular formula is C19H22Cl2N6O. The summed E-state index contributed by atoms with van der Waals surface area (Å²) in [5.41, 5.74) is 3.23. The fourth-order valence-electron chi connectivity index (χ4n) is 4.07. The minimum atomic E-state index is 0. The molecule has 148 valence electrons. The van der Waals surface area contributed by atoms with Crippen LogP contribution in [0.5, 0.6) is 0 Å². The molecule has 0 aliphatic carbocycles. The fourth-order valence-corrected chi connectivity index (χ4v) is 4.07. The Morgan fingerprint density at radius 1 is 1.21 bits per heavy atom. The maximum atomic E-state index is 12.8. The molecule has 1 amide bonds. The summed E-state index contributed by atoms with van der Waals surface area (Å²) in [6, 6.07) is 6.24. The standard InChI is InChI=1S/C19H20N6O.2ClH/c26-19(24-10-14-3-5-21-17(14)11-24)15-6-16-18(22-8-15)25(12-23-16)9-13-2-1-4-20-7-13;;/h1-2,4,6-8,12,14,17,21H,3,5,9-11H2;2*1H/t14-,17+;;/m0../s1. The van der Waals surface area contributed by atoms with Crippen molar-refractivity contribution in [3.05, 3.63) is 54.2 Å². The second kappa shape index (κ2) is 8.43. The third-order valence-corrected chi connectivity index (χ3v) is 5.43. The van der Waals surface area contributed by atoms with Gasteiger partial charge in [-0.1, -0.05) is 6.07 Å². The summed E-state index contributed by atoms with van der Waals surface area (Å²) in [5, 5.41) is 3.48. The SMILES string of the molecule is Cl.Cl.O=C(c1cnc2c(c1)ncn2Cc1cccnc1)N1C[C@@H]2CCN[C@@H]2C1. The van der Waals surface area contributed by atoms with E-state index in [4.69, 9.17) is 0 Å². The van der Waals surface area contributed by atoms with Crippen molar-refractivity contribution in [2.75, 3.05) is 19.6 Å². The van der Waals surface area contributed by atoms with Crippen LogP contribution in [-0.2, 0) is 6.54 Å². The lowest BCUT2D eigenvalue weighted by molar-refractivity contribution is 0.0782. The normalized spacial score (nSPS) is 20.5. The van der Waals surface area contributed by atoms with E-state index in [0.717, 1.165) is 42.8 Å². The van der Waals surface area contributed by atoms with Crippen LogP contribution in [0.2, 0.25) is 0 Å². The van der Waals surface area contributed by atoms with Gasteiger partial charge in [0, 0.05) is 37.7 Å². The zero-order valence-electron chi connectivity index (χ0n) is 15.2. The molecule has 0 radical (unpaired) electrons. The Balaban J connectivity index is 0.00000112. The molecule has 2 atom stereocenters. The molecule has 9 heteroatoms. The van der Waals surface area contributed by atoms with Crippen LogP contribution in [0.3, 0.4) is 0 Å². The number of imidazole rings is 1. The third-order valence-electron chi connectivity index (χ3n) is 5.43. The van der Waals surface area contributed by atoms with Crippen LogP contribution in [0, 0.1) is 5.92 Å². The van der Waals surface area contributed by atoms with Gasteiger partial charge in [0.2, 0.25) is 0 Å². The van der Waals surface area contributed by atoms with E-state index in [0.29, 0.717) is 24.1 Å². The monoisotopic (exact) mass is 420 g/mol. The zero-order chi connectivity index (χ0) is 17.5. The molecule has 0 spiro atoms. The Morgan fingerprint density at radius 2 is 2.11 bits per heavy atom. The van der Waals surface area contributed by atoms with Gasteiger partial charge in [0.25, 0.3) is 5.91 Å². The van der Waals surface area contributed by atoms with E-state index in [1.54, 1.807) is 18.7 Å². The van der Waals surface area contributed by atoms with E-state index in [-0.39, 0.29) is 30.7 Å². The van der Waals surface area contributed by atoms with Gasteiger partial charge >= 0.3 is 0 Å². The number of aromatic nitrogens is 4. The quantitative estimate of drug-likeness (QED) is 0.702. The third kappa shape index (κ3) is 3.70. The van der Waals surface area contributed by atoms with Crippen molar-refractivity contribution >= 4 is 41.9 Å². The lowest BCUT2D eigenvalue weighted by Gasteiger charge is -2.17. The van der Waals surface area contributed by atoms with Crippen LogP contribution in [0.15, 0.2) is 43.1 Å². The van der Waals surface area contributed by atoms with Gasteiger partial charge in [-0.25, -0.2) is 9.97 Å². The van der Waals surface area contributed by atoms with E-state index in [9.17, 15) is 4.79 Å². The number of nitrogens with one attached hydrogen (secondary N) is 1. The molecule has 2 aliphatic heterocycles. The highest BCUT2D eigenvalue weighted by molar-refractivity contribution is 5.96. The molecule has 2 saturated heterocycles. The van der Waals surface area contributed by atoms with Crippen molar-refractivity contribution in [1.82, 2.24) is 29.7 Å². The second-order valence-corrected chi connectivity index (χ2v) is 7.12. The summed E-state index contributed by atoms with van der Waals surface area (Å²) in [7, 11) is 0. The van der Waals surface area contributed by atoms with Gasteiger partial charge in [-0.15, -0.1) is 24.8 Å². The first kappa shape index (κ1) is 20.5. The Labute approximate surface area is 175 Å². The Morgan fingerprint density at radius 3 is 2.89 bits per heavy atom. The predicted molar refractivity (Wildman–Crippen MR) is 111 cm³/mol. The van der Waals surface area contributed by atoms with Crippen molar-refractivity contribution in [2.45, 2.75) is 19.0 Å². The summed E-state index contributed by atoms with van der Waals surface area (Å²) in [4.78, 5) is 27.9. The van der Waals surface area contributed by atoms with Gasteiger partial charge in [-0.2, -0.15) is 0 Å². The van der Waals surface area contributed by atoms with Gasteiger partial charge in [-0.3, -0.25) is 9.78 Å². The Kier molecular flexibility index (Phi) is 6.17. The van der Waals surface area contributed by atoms with E-state index in [2.05, 4.69) is 20.3 Å². The summed E-state index contributed by atoms with van der Waals surface area (Å²) >= 11 is 0. The predicted octanol–water partition coefficient (Wildman–Crippen LogP) is 2.15. The van der Waals surface area contributed by atoms with E-state index >= 15 is 0 Å². The number of carbonyl (C=O) groups excluding carboxylic acids is 1. The highest BCUT2D eigenvalue weighted by Gasteiger charge is 2.38. The number of carbonyl (C=O) groups is 1. The molecule has 2 aliphatic rings. The molecular weight excluding hydrogens is 399 g/mol. The van der Waals surface area contributed by atoms with Crippen molar-refractivity contribution in [3.8, 4) is 0 Å². The molecule has 5 rings (SSSR count). The number of amides is 1. The number of likely N-dealkylation sites (tertiary alicyclic amines) is 1. The maximum absolute atomic E-state index is 12.8. The van der Waals surface area contributed by atoms with Crippen molar-refractivity contribution in [2.24, 2.45) is 5.92 Å². The van der Waals surface area contributed by atoms with E-state index in [1.807, 2.05) is 33.9 Å². The van der Waals surface area contributed by atoms with Crippen LogP contribution in [-0.4, -0.2) is 56.0 Å². The molecule has 3 aromatic rings. The number of hydrogen-bond donors (Lipinski definition) is 1. The number of pyridine rings is 2. The number of hydrogen-bond acceptors (Lipinski definition) is 5. The second-order valence-electron chi connectivity index (χ2n) is 7.12. The number of fused-ring (bicyclic) bond motifs is 2. The summed E-state index contributed by atoms with van der Waals surface area (Å²) in [5.74, 6) is 0.645. The van der Waals surface area contributed by atoms with Gasteiger partial charge in [-0.05, 0) is 36.6 Å². The summed E-state index contributed by atoms with van der Waals surface area (Å²) in [6.07, 6.45) is 8.19. The smallest absolute Gasteiger partial charge is 0.255 e. The van der Waals surface area contributed by atoms with Gasteiger partial charge < -0.3 is 14.8 Å². The minimum Gasteiger partial charge on any atom is -0.337 e. The highest BCUT2D eigenvalue weighted by atomic mass is 35.5. The highest BCUT2D eigenvalue weighted by Crippen LogP contribution is 2.26. The molecule has 0 bridgehead atoms. The lowest BCUT2D eigenvalue weighted by atomic mass is 10.1. The van der Waals surface area contributed by atoms with Crippen LogP contribution in [0.4, 0.5) is 0 Å². The van der Waals surface area contributed by atoms with E-state index in [1.165, 1.54) is 0 Å². The Hall–Kier alpha value is -2.22. The Bertz CT molecular complexity index is 951. The molecule has 0 aromatic carbocycles. The van der Waals surface area contributed by atoms with Crippen molar-refractivity contribution in [1.29, 1.82) is 0 Å². The van der Waals surface area contributed by atoms with Crippen molar-refractivity contribution < 1.29 is 4.79 Å². The van der Waals surface area contributed by atoms with Gasteiger partial charge in [0.15, 0.2) is 5.65 Å². The summed E-state index contributed by atoms with van der Waals surface area (Å²) in [6.45, 7) is 3.35. The molecule has 0 saturated carbocycles. The van der Waals surface area contributed by atoms with Crippen LogP contribution >= 0.6 is 24.8 Å². The van der Waals surface area contributed by atoms with Crippen LogP contribution < -0.4 is 5.32 Å². The molecule has 7 nitrogen and oxygen atoms in total. The average Bonchev–Trinajstić information content (AvgIpc) is 3.36. The first-order valence-corrected chi connectivity index (χ1v) is 9.00. The largest absolute Gasteiger partial charge is 0.337 e.